The first-order chi connectivity index (χ1) is 9.10. The molecule has 2 heterocycles. The molecule has 4 nitrogen and oxygen atoms in total. The van der Waals surface area contributed by atoms with Gasteiger partial charge >= 0.3 is 0 Å². The summed E-state index contributed by atoms with van der Waals surface area (Å²) in [5.41, 5.74) is 7.82. The molecule has 0 radical (unpaired) electrons. The largest absolute Gasteiger partial charge is 0.454 e. The number of hydrogen-bond acceptors (Lipinski definition) is 5. The Morgan fingerprint density at radius 1 is 1.37 bits per heavy atom. The van der Waals surface area contributed by atoms with Gasteiger partial charge in [0.05, 0.1) is 11.2 Å². The van der Waals surface area contributed by atoms with Crippen molar-refractivity contribution in [3.05, 3.63) is 28.6 Å². The zero-order chi connectivity index (χ0) is 13.5. The summed E-state index contributed by atoms with van der Waals surface area (Å²) < 4.78 is 10.7. The van der Waals surface area contributed by atoms with Crippen molar-refractivity contribution in [2.45, 2.75) is 25.8 Å². The number of fused-ring (bicyclic) bond motifs is 1. The van der Waals surface area contributed by atoms with Gasteiger partial charge in [-0.05, 0) is 31.5 Å². The molecule has 5 heteroatoms. The van der Waals surface area contributed by atoms with Gasteiger partial charge in [-0.15, -0.1) is 11.3 Å². The fraction of sp³-hybridized carbons (Fsp3) is 0.357. The minimum Gasteiger partial charge on any atom is -0.454 e. The number of ether oxygens (including phenoxy) is 2. The Morgan fingerprint density at radius 2 is 2.16 bits per heavy atom. The maximum absolute atomic E-state index is 6.22. The average Bonchev–Trinajstić information content (AvgIpc) is 3.06. The number of rotatable bonds is 3. The molecule has 1 aromatic heterocycles. The van der Waals surface area contributed by atoms with Crippen LogP contribution in [0.25, 0.3) is 11.3 Å². The van der Waals surface area contributed by atoms with E-state index >= 15 is 0 Å². The van der Waals surface area contributed by atoms with Gasteiger partial charge in [-0.1, -0.05) is 6.92 Å². The topological polar surface area (TPSA) is 57.4 Å². The van der Waals surface area contributed by atoms with E-state index in [1.165, 1.54) is 0 Å². The summed E-state index contributed by atoms with van der Waals surface area (Å²) in [5.74, 6) is 1.56. The molecule has 0 fully saturated rings. The van der Waals surface area contributed by atoms with Gasteiger partial charge in [0.15, 0.2) is 11.5 Å². The molecule has 1 aromatic carbocycles. The molecule has 1 aliphatic heterocycles. The first-order valence-electron chi connectivity index (χ1n) is 6.25. The minimum atomic E-state index is -0.362. The lowest BCUT2D eigenvalue weighted by molar-refractivity contribution is 0.174. The molecular weight excluding hydrogens is 260 g/mol. The molecule has 100 valence electrons. The van der Waals surface area contributed by atoms with Crippen LogP contribution in [-0.2, 0) is 5.54 Å². The van der Waals surface area contributed by atoms with Gasteiger partial charge in [0.1, 0.15) is 5.01 Å². The van der Waals surface area contributed by atoms with Crippen LogP contribution in [-0.4, -0.2) is 11.8 Å². The predicted molar refractivity (Wildman–Crippen MR) is 75.5 cm³/mol. The van der Waals surface area contributed by atoms with E-state index in [1.807, 2.05) is 30.5 Å². The molecule has 2 N–H and O–H groups in total. The van der Waals surface area contributed by atoms with Crippen LogP contribution in [0.5, 0.6) is 11.5 Å². The molecule has 0 bridgehead atoms. The third kappa shape index (κ3) is 2.19. The molecular formula is C14H16N2O2S. The number of aromatic nitrogens is 1. The van der Waals surface area contributed by atoms with Crippen LogP contribution in [0.3, 0.4) is 0 Å². The van der Waals surface area contributed by atoms with Crippen LogP contribution in [0, 0.1) is 0 Å². The smallest absolute Gasteiger partial charge is 0.231 e. The van der Waals surface area contributed by atoms with Crippen molar-refractivity contribution in [2.75, 3.05) is 6.79 Å². The monoisotopic (exact) mass is 276 g/mol. The standard InChI is InChI=1S/C14H16N2O2S/c1-3-14(2,15)13-16-10(7-19-13)9-4-5-11-12(6-9)18-8-17-11/h4-7H,3,8,15H2,1-2H3. The second kappa shape index (κ2) is 4.51. The summed E-state index contributed by atoms with van der Waals surface area (Å²) in [7, 11) is 0. The van der Waals surface area contributed by atoms with Crippen LogP contribution in [0.15, 0.2) is 23.6 Å². The van der Waals surface area contributed by atoms with Crippen molar-refractivity contribution in [3.63, 3.8) is 0 Å². The predicted octanol–water partition coefficient (Wildman–Crippen LogP) is 3.12. The van der Waals surface area contributed by atoms with Crippen LogP contribution in [0.2, 0.25) is 0 Å². The molecule has 2 aromatic rings. The van der Waals surface area contributed by atoms with E-state index in [-0.39, 0.29) is 12.3 Å². The van der Waals surface area contributed by atoms with Gasteiger partial charge in [-0.25, -0.2) is 4.98 Å². The lowest BCUT2D eigenvalue weighted by atomic mass is 10.0. The normalized spacial score (nSPS) is 16.4. The zero-order valence-electron chi connectivity index (χ0n) is 11.0. The third-order valence-corrected chi connectivity index (χ3v) is 4.52. The van der Waals surface area contributed by atoms with Crippen LogP contribution >= 0.6 is 11.3 Å². The summed E-state index contributed by atoms with van der Waals surface area (Å²) in [6, 6.07) is 5.87. The fourth-order valence-electron chi connectivity index (χ4n) is 1.88. The lowest BCUT2D eigenvalue weighted by Gasteiger charge is -2.18. The number of thiazole rings is 1. The second-order valence-corrected chi connectivity index (χ2v) is 5.74. The van der Waals surface area contributed by atoms with Gasteiger partial charge in [0.25, 0.3) is 0 Å². The van der Waals surface area contributed by atoms with E-state index in [2.05, 4.69) is 11.9 Å². The molecule has 0 saturated carbocycles. The fourth-order valence-corrected chi connectivity index (χ4v) is 2.85. The van der Waals surface area contributed by atoms with E-state index in [1.54, 1.807) is 11.3 Å². The van der Waals surface area contributed by atoms with Crippen LogP contribution in [0.1, 0.15) is 25.3 Å². The van der Waals surface area contributed by atoms with Crippen molar-refractivity contribution in [1.29, 1.82) is 0 Å². The molecule has 1 aliphatic rings. The Morgan fingerprint density at radius 3 is 2.95 bits per heavy atom. The SMILES string of the molecule is CCC(C)(N)c1nc(-c2ccc3c(c2)OCO3)cs1. The van der Waals surface area contributed by atoms with Crippen molar-refractivity contribution in [3.8, 4) is 22.8 Å². The summed E-state index contributed by atoms with van der Waals surface area (Å²) in [6.07, 6.45) is 0.862. The number of hydrogen-bond donors (Lipinski definition) is 1. The second-order valence-electron chi connectivity index (χ2n) is 4.88. The van der Waals surface area contributed by atoms with Crippen LogP contribution < -0.4 is 15.2 Å². The molecule has 1 unspecified atom stereocenters. The van der Waals surface area contributed by atoms with Crippen molar-refractivity contribution >= 4 is 11.3 Å². The van der Waals surface area contributed by atoms with E-state index in [0.717, 1.165) is 34.2 Å². The Kier molecular flexibility index (Phi) is 2.95. The Labute approximate surface area is 116 Å². The van der Waals surface area contributed by atoms with E-state index in [0.29, 0.717) is 0 Å². The first kappa shape index (κ1) is 12.4. The van der Waals surface area contributed by atoms with Crippen LogP contribution in [0.4, 0.5) is 0 Å². The molecule has 0 amide bonds. The zero-order valence-corrected chi connectivity index (χ0v) is 11.8. The van der Waals surface area contributed by atoms with E-state index in [9.17, 15) is 0 Å². The first-order valence-corrected chi connectivity index (χ1v) is 7.13. The van der Waals surface area contributed by atoms with Crippen molar-refractivity contribution in [2.24, 2.45) is 5.73 Å². The maximum atomic E-state index is 6.22. The molecule has 0 aliphatic carbocycles. The Balaban J connectivity index is 1.95. The molecule has 3 rings (SSSR count). The van der Waals surface area contributed by atoms with Crippen molar-refractivity contribution in [1.82, 2.24) is 4.98 Å². The van der Waals surface area contributed by atoms with E-state index < -0.39 is 0 Å². The van der Waals surface area contributed by atoms with Gasteiger partial charge < -0.3 is 15.2 Å². The van der Waals surface area contributed by atoms with Gasteiger partial charge in [-0.3, -0.25) is 0 Å². The molecule has 0 saturated heterocycles. The van der Waals surface area contributed by atoms with E-state index in [4.69, 9.17) is 15.2 Å². The van der Waals surface area contributed by atoms with Crippen molar-refractivity contribution < 1.29 is 9.47 Å². The molecule has 0 spiro atoms. The summed E-state index contributed by atoms with van der Waals surface area (Å²) in [4.78, 5) is 4.65. The number of nitrogens with two attached hydrogens (primary N) is 1. The summed E-state index contributed by atoms with van der Waals surface area (Å²) >= 11 is 1.60. The van der Waals surface area contributed by atoms with Gasteiger partial charge in [-0.2, -0.15) is 0 Å². The third-order valence-electron chi connectivity index (χ3n) is 3.40. The molecule has 19 heavy (non-hydrogen) atoms. The summed E-state index contributed by atoms with van der Waals surface area (Å²) in [5, 5.41) is 3.00. The Hall–Kier alpha value is -1.59. The lowest BCUT2D eigenvalue weighted by Crippen LogP contribution is -2.31. The summed E-state index contributed by atoms with van der Waals surface area (Å²) in [6.45, 7) is 4.37. The van der Waals surface area contributed by atoms with Gasteiger partial charge in [0, 0.05) is 10.9 Å². The highest BCUT2D eigenvalue weighted by Gasteiger charge is 2.23. The number of benzene rings is 1. The highest BCUT2D eigenvalue weighted by atomic mass is 32.1. The number of nitrogens with zero attached hydrogens (tertiary/aromatic N) is 1. The maximum Gasteiger partial charge on any atom is 0.231 e. The van der Waals surface area contributed by atoms with Gasteiger partial charge in [0.2, 0.25) is 6.79 Å². The average molecular weight is 276 g/mol. The highest BCUT2D eigenvalue weighted by molar-refractivity contribution is 7.10. The quantitative estimate of drug-likeness (QED) is 0.935. The molecule has 1 atom stereocenters. The minimum absolute atomic E-state index is 0.289. The highest BCUT2D eigenvalue weighted by Crippen LogP contribution is 2.37. The Bertz CT molecular complexity index is 607.